The second kappa shape index (κ2) is 5.07. The molecule has 0 saturated carbocycles. The minimum atomic E-state index is -2.59. The van der Waals surface area contributed by atoms with Crippen LogP contribution in [-0.4, -0.2) is 25.5 Å². The van der Waals surface area contributed by atoms with Crippen LogP contribution in [0, 0.1) is 0 Å². The van der Waals surface area contributed by atoms with E-state index in [1.165, 1.54) is 10.8 Å². The van der Waals surface area contributed by atoms with Gasteiger partial charge >= 0.3 is 5.69 Å². The summed E-state index contributed by atoms with van der Waals surface area (Å²) in [5.41, 5.74) is 0.316. The van der Waals surface area contributed by atoms with Gasteiger partial charge in [-0.2, -0.15) is 0 Å². The molecule has 0 fully saturated rings. The second-order valence-electron chi connectivity index (χ2n) is 4.62. The molecule has 0 radical (unpaired) electrons. The lowest BCUT2D eigenvalue weighted by Crippen LogP contribution is -2.26. The lowest BCUT2D eigenvalue weighted by molar-refractivity contribution is 0.126. The van der Waals surface area contributed by atoms with Crippen molar-refractivity contribution in [2.24, 2.45) is 0 Å². The van der Waals surface area contributed by atoms with E-state index in [0.717, 1.165) is 4.57 Å². The van der Waals surface area contributed by atoms with Crippen molar-refractivity contribution in [3.8, 4) is 0 Å². The Bertz CT molecular complexity index is 645. The van der Waals surface area contributed by atoms with Crippen molar-refractivity contribution in [1.29, 1.82) is 0 Å². The van der Waals surface area contributed by atoms with E-state index < -0.39 is 18.7 Å². The van der Waals surface area contributed by atoms with E-state index in [-0.39, 0.29) is 11.6 Å². The quantitative estimate of drug-likeness (QED) is 0.854. The highest BCUT2D eigenvalue weighted by atomic mass is 19.3. The van der Waals surface area contributed by atoms with Gasteiger partial charge in [0.15, 0.2) is 5.65 Å². The molecule has 19 heavy (non-hydrogen) atoms. The summed E-state index contributed by atoms with van der Waals surface area (Å²) >= 11 is 0. The van der Waals surface area contributed by atoms with Gasteiger partial charge in [0, 0.05) is 12.5 Å². The van der Waals surface area contributed by atoms with Crippen molar-refractivity contribution in [1.82, 2.24) is 19.1 Å². The number of aromatic nitrogens is 4. The average molecular weight is 270 g/mol. The molecule has 0 aromatic carbocycles. The van der Waals surface area contributed by atoms with Gasteiger partial charge < -0.3 is 0 Å². The summed E-state index contributed by atoms with van der Waals surface area (Å²) in [6.07, 6.45) is -1.06. The normalized spacial score (nSPS) is 11.9. The highest BCUT2D eigenvalue weighted by Gasteiger charge is 2.18. The Morgan fingerprint density at radius 1 is 1.32 bits per heavy atom. The summed E-state index contributed by atoms with van der Waals surface area (Å²) in [5.74, 6) is 0.619. The fourth-order valence-corrected chi connectivity index (χ4v) is 1.99. The van der Waals surface area contributed by atoms with Gasteiger partial charge in [-0.1, -0.05) is 13.8 Å². The fourth-order valence-electron chi connectivity index (χ4n) is 1.99. The molecule has 0 spiro atoms. The zero-order chi connectivity index (χ0) is 14.2. The third-order valence-electron chi connectivity index (χ3n) is 2.93. The zero-order valence-corrected chi connectivity index (χ0v) is 11.1. The average Bonchev–Trinajstić information content (AvgIpc) is 2.61. The van der Waals surface area contributed by atoms with Gasteiger partial charge in [-0.3, -0.25) is 9.13 Å². The zero-order valence-electron chi connectivity index (χ0n) is 11.1. The van der Waals surface area contributed by atoms with Crippen LogP contribution in [0.5, 0.6) is 0 Å². The molecule has 2 rings (SSSR count). The van der Waals surface area contributed by atoms with Gasteiger partial charge in [-0.25, -0.2) is 23.5 Å². The first-order chi connectivity index (χ1) is 8.95. The van der Waals surface area contributed by atoms with Crippen LogP contribution >= 0.6 is 0 Å². The fraction of sp³-hybridized carbons (Fsp3) is 0.583. The van der Waals surface area contributed by atoms with Crippen molar-refractivity contribution in [2.75, 3.05) is 0 Å². The Morgan fingerprint density at radius 2 is 2.00 bits per heavy atom. The molecule has 0 atom stereocenters. The van der Waals surface area contributed by atoms with Gasteiger partial charge in [0.1, 0.15) is 11.3 Å². The SMILES string of the molecule is CCn1c(=O)n(CC(F)F)c2nc(C(C)C)ncc21. The molecule has 0 aliphatic carbocycles. The molecule has 104 valence electrons. The molecule has 0 N–H and O–H groups in total. The van der Waals surface area contributed by atoms with Crippen LogP contribution in [0.3, 0.4) is 0 Å². The van der Waals surface area contributed by atoms with Crippen molar-refractivity contribution in [3.05, 3.63) is 22.5 Å². The molecule has 2 heterocycles. The van der Waals surface area contributed by atoms with Crippen molar-refractivity contribution < 1.29 is 8.78 Å². The van der Waals surface area contributed by atoms with Gasteiger partial charge in [0.25, 0.3) is 6.43 Å². The first kappa shape index (κ1) is 13.6. The number of nitrogens with zero attached hydrogens (tertiary/aromatic N) is 4. The maximum absolute atomic E-state index is 12.6. The Balaban J connectivity index is 2.73. The lowest BCUT2D eigenvalue weighted by atomic mass is 10.2. The highest BCUT2D eigenvalue weighted by molar-refractivity contribution is 5.70. The first-order valence-corrected chi connectivity index (χ1v) is 6.19. The Kier molecular flexibility index (Phi) is 3.64. The molecule has 0 saturated heterocycles. The first-order valence-electron chi connectivity index (χ1n) is 6.19. The molecule has 0 aliphatic rings. The predicted octanol–water partition coefficient (Wildman–Crippen LogP) is 2.00. The Morgan fingerprint density at radius 3 is 2.53 bits per heavy atom. The number of aryl methyl sites for hydroxylation is 1. The van der Waals surface area contributed by atoms with Crippen LogP contribution < -0.4 is 5.69 Å². The van der Waals surface area contributed by atoms with E-state index in [0.29, 0.717) is 17.9 Å². The molecule has 2 aromatic heterocycles. The largest absolute Gasteiger partial charge is 0.330 e. The number of rotatable bonds is 4. The molecule has 0 unspecified atom stereocenters. The Hall–Kier alpha value is -1.79. The van der Waals surface area contributed by atoms with Crippen LogP contribution in [0.2, 0.25) is 0 Å². The van der Waals surface area contributed by atoms with Crippen LogP contribution in [0.15, 0.2) is 11.0 Å². The number of hydrogen-bond acceptors (Lipinski definition) is 3. The third kappa shape index (κ3) is 2.36. The topological polar surface area (TPSA) is 52.7 Å². The van der Waals surface area contributed by atoms with Crippen LogP contribution in [-0.2, 0) is 13.1 Å². The summed E-state index contributed by atoms with van der Waals surface area (Å²) in [5, 5.41) is 0. The van der Waals surface area contributed by atoms with E-state index in [4.69, 9.17) is 0 Å². The van der Waals surface area contributed by atoms with Crippen molar-refractivity contribution in [2.45, 2.75) is 46.2 Å². The molecule has 7 heteroatoms. The number of imidazole rings is 1. The number of alkyl halides is 2. The molecule has 0 amide bonds. The van der Waals surface area contributed by atoms with E-state index >= 15 is 0 Å². The van der Waals surface area contributed by atoms with E-state index in [1.54, 1.807) is 6.92 Å². The monoisotopic (exact) mass is 270 g/mol. The summed E-state index contributed by atoms with van der Waals surface area (Å²) in [6, 6.07) is 0. The lowest BCUT2D eigenvalue weighted by Gasteiger charge is -2.05. The maximum atomic E-state index is 12.6. The summed E-state index contributed by atoms with van der Waals surface area (Å²) in [7, 11) is 0. The summed E-state index contributed by atoms with van der Waals surface area (Å²) < 4.78 is 27.6. The van der Waals surface area contributed by atoms with E-state index in [9.17, 15) is 13.6 Å². The summed E-state index contributed by atoms with van der Waals surface area (Å²) in [6.45, 7) is 5.36. The van der Waals surface area contributed by atoms with Gasteiger partial charge in [0.2, 0.25) is 0 Å². The molecule has 0 bridgehead atoms. The predicted molar refractivity (Wildman–Crippen MR) is 67.6 cm³/mol. The molecular weight excluding hydrogens is 254 g/mol. The molecule has 0 aliphatic heterocycles. The van der Waals surface area contributed by atoms with Gasteiger partial charge in [-0.15, -0.1) is 0 Å². The maximum Gasteiger partial charge on any atom is 0.330 e. The molecule has 2 aromatic rings. The van der Waals surface area contributed by atoms with Gasteiger partial charge in [-0.05, 0) is 6.92 Å². The highest BCUT2D eigenvalue weighted by Crippen LogP contribution is 2.15. The second-order valence-corrected chi connectivity index (χ2v) is 4.62. The third-order valence-corrected chi connectivity index (χ3v) is 2.93. The molecular formula is C12H16F2N4O. The van der Waals surface area contributed by atoms with E-state index in [2.05, 4.69) is 9.97 Å². The minimum Gasteiger partial charge on any atom is -0.289 e. The number of halogens is 2. The number of hydrogen-bond donors (Lipinski definition) is 0. The van der Waals surface area contributed by atoms with E-state index in [1.807, 2.05) is 13.8 Å². The van der Waals surface area contributed by atoms with Crippen LogP contribution in [0.25, 0.3) is 11.2 Å². The number of fused-ring (bicyclic) bond motifs is 1. The van der Waals surface area contributed by atoms with Crippen molar-refractivity contribution >= 4 is 11.2 Å². The molecule has 5 nitrogen and oxygen atoms in total. The summed E-state index contributed by atoms with van der Waals surface area (Å²) in [4.78, 5) is 20.5. The van der Waals surface area contributed by atoms with Crippen LogP contribution in [0.4, 0.5) is 8.78 Å². The smallest absolute Gasteiger partial charge is 0.289 e. The van der Waals surface area contributed by atoms with Crippen molar-refractivity contribution in [3.63, 3.8) is 0 Å². The standard InChI is InChI=1S/C12H16F2N4O/c1-4-17-8-5-15-10(7(2)3)16-11(8)18(12(17)19)6-9(13)14/h5,7,9H,4,6H2,1-3H3. The van der Waals surface area contributed by atoms with Crippen LogP contribution in [0.1, 0.15) is 32.5 Å². The van der Waals surface area contributed by atoms with Gasteiger partial charge in [0.05, 0.1) is 12.7 Å². The Labute approximate surface area is 108 Å². The minimum absolute atomic E-state index is 0.0736.